The van der Waals surface area contributed by atoms with E-state index in [1.165, 1.54) is 5.01 Å². The summed E-state index contributed by atoms with van der Waals surface area (Å²) in [6.07, 6.45) is 0. The highest BCUT2D eigenvalue weighted by Crippen LogP contribution is 2.40. The lowest BCUT2D eigenvalue weighted by molar-refractivity contribution is -0.134. The Labute approximate surface area is 201 Å². The van der Waals surface area contributed by atoms with E-state index >= 15 is 0 Å². The van der Waals surface area contributed by atoms with Gasteiger partial charge in [-0.25, -0.2) is 9.80 Å². The fourth-order valence-corrected chi connectivity index (χ4v) is 4.57. The predicted molar refractivity (Wildman–Crippen MR) is 135 cm³/mol. The fourth-order valence-electron chi connectivity index (χ4n) is 3.61. The van der Waals surface area contributed by atoms with E-state index in [0.717, 1.165) is 23.0 Å². The van der Waals surface area contributed by atoms with Gasteiger partial charge in [0.2, 0.25) is 5.04 Å². The minimum absolute atomic E-state index is 0.159. The molecular formula is C26H20N4O3S. The third-order valence-corrected chi connectivity index (χ3v) is 6.14. The molecule has 3 aromatic rings. The zero-order valence-corrected chi connectivity index (χ0v) is 19.1. The quantitative estimate of drug-likeness (QED) is 0.398. The number of para-hydroxylation sites is 2. The fraction of sp³-hybridized carbons (Fsp3) is 0.0769. The first-order valence-corrected chi connectivity index (χ1v) is 11.6. The number of carbonyl (C=O) groups is 2. The molecule has 2 aliphatic heterocycles. The van der Waals surface area contributed by atoms with Gasteiger partial charge < -0.3 is 4.74 Å². The van der Waals surface area contributed by atoms with E-state index in [1.54, 1.807) is 11.9 Å². The number of ether oxygens (including phenoxy) is 1. The minimum Gasteiger partial charge on any atom is -0.461 e. The molecule has 0 fully saturated rings. The van der Waals surface area contributed by atoms with Crippen molar-refractivity contribution in [3.8, 4) is 0 Å². The highest BCUT2D eigenvalue weighted by molar-refractivity contribution is 8.19. The van der Waals surface area contributed by atoms with Crippen molar-refractivity contribution < 1.29 is 14.3 Å². The van der Waals surface area contributed by atoms with Gasteiger partial charge >= 0.3 is 5.97 Å². The molecule has 3 aromatic carbocycles. The van der Waals surface area contributed by atoms with Crippen LogP contribution in [0.5, 0.6) is 0 Å². The van der Waals surface area contributed by atoms with Gasteiger partial charge in [-0.3, -0.25) is 4.79 Å². The number of thioether (sulfide) groups is 1. The molecule has 0 N–H and O–H groups in total. The van der Waals surface area contributed by atoms with Crippen molar-refractivity contribution >= 4 is 45.8 Å². The molecule has 34 heavy (non-hydrogen) atoms. The molecule has 0 radical (unpaired) electrons. The Morgan fingerprint density at radius 2 is 1.38 bits per heavy atom. The number of nitrogens with zero attached hydrogens (tertiary/aromatic N) is 4. The van der Waals surface area contributed by atoms with E-state index in [2.05, 4.69) is 5.10 Å². The molecule has 0 saturated carbocycles. The van der Waals surface area contributed by atoms with Crippen LogP contribution in [-0.4, -0.2) is 29.2 Å². The van der Waals surface area contributed by atoms with Crippen LogP contribution in [0.2, 0.25) is 0 Å². The van der Waals surface area contributed by atoms with E-state index < -0.39 is 5.97 Å². The maximum Gasteiger partial charge on any atom is 0.365 e. The van der Waals surface area contributed by atoms with Gasteiger partial charge in [0.25, 0.3) is 5.91 Å². The van der Waals surface area contributed by atoms with Gasteiger partial charge in [0.15, 0.2) is 0 Å². The molecule has 0 aromatic heterocycles. The number of hydrogen-bond acceptors (Lipinski definition) is 7. The first-order chi connectivity index (χ1) is 16.7. The van der Waals surface area contributed by atoms with Crippen LogP contribution in [0.25, 0.3) is 0 Å². The maximum atomic E-state index is 13.8. The molecule has 0 bridgehead atoms. The summed E-state index contributed by atoms with van der Waals surface area (Å²) in [5.41, 5.74) is 3.03. The largest absolute Gasteiger partial charge is 0.461 e. The molecule has 0 aliphatic carbocycles. The summed E-state index contributed by atoms with van der Waals surface area (Å²) in [7, 11) is 0. The molecule has 0 spiro atoms. The van der Waals surface area contributed by atoms with Gasteiger partial charge in [-0.1, -0.05) is 66.7 Å². The van der Waals surface area contributed by atoms with E-state index in [4.69, 9.17) is 9.84 Å². The van der Waals surface area contributed by atoms with Crippen LogP contribution in [0.15, 0.2) is 112 Å². The zero-order chi connectivity index (χ0) is 23.5. The smallest absolute Gasteiger partial charge is 0.365 e. The Bertz CT molecular complexity index is 1320. The number of esters is 1. The first kappa shape index (κ1) is 21.7. The molecule has 2 aliphatic rings. The van der Waals surface area contributed by atoms with E-state index in [0.29, 0.717) is 22.0 Å². The number of carbonyl (C=O) groups excluding carboxylic acids is 2. The van der Waals surface area contributed by atoms with E-state index in [1.807, 2.05) is 91.0 Å². The van der Waals surface area contributed by atoms with Crippen LogP contribution < -0.4 is 10.0 Å². The van der Waals surface area contributed by atoms with Gasteiger partial charge in [-0.05, 0) is 43.0 Å². The summed E-state index contributed by atoms with van der Waals surface area (Å²) in [6.45, 7) is 1.97. The highest BCUT2D eigenvalue weighted by Gasteiger charge is 2.40. The monoisotopic (exact) mass is 468 g/mol. The standard InChI is InChI=1S/C26H20N4O3S/c1-2-33-26(32)23-28-30(20-16-10-5-11-17-20)25(34-23)21-22(18-12-6-3-7-13-18)27-29(24(21)31)19-14-8-4-9-15-19/h3-17H,2H2,1H3. The van der Waals surface area contributed by atoms with E-state index in [-0.39, 0.29) is 17.6 Å². The summed E-state index contributed by atoms with van der Waals surface area (Å²) < 4.78 is 5.18. The van der Waals surface area contributed by atoms with Crippen LogP contribution >= 0.6 is 11.8 Å². The molecule has 0 atom stereocenters. The van der Waals surface area contributed by atoms with Crippen molar-refractivity contribution in [1.29, 1.82) is 0 Å². The first-order valence-electron chi connectivity index (χ1n) is 10.7. The van der Waals surface area contributed by atoms with Gasteiger partial charge in [0, 0.05) is 5.56 Å². The van der Waals surface area contributed by atoms with Crippen molar-refractivity contribution in [2.24, 2.45) is 10.2 Å². The van der Waals surface area contributed by atoms with Crippen molar-refractivity contribution in [2.75, 3.05) is 16.6 Å². The van der Waals surface area contributed by atoms with Crippen LogP contribution in [0.4, 0.5) is 11.4 Å². The molecule has 168 valence electrons. The van der Waals surface area contributed by atoms with Gasteiger partial charge in [0.1, 0.15) is 16.3 Å². The van der Waals surface area contributed by atoms with Gasteiger partial charge in [-0.15, -0.1) is 0 Å². The van der Waals surface area contributed by atoms with Crippen LogP contribution in [0, 0.1) is 0 Å². The zero-order valence-electron chi connectivity index (χ0n) is 18.3. The summed E-state index contributed by atoms with van der Waals surface area (Å²) in [5, 5.41) is 12.9. The summed E-state index contributed by atoms with van der Waals surface area (Å²) in [6, 6.07) is 28.1. The number of hydrogen-bond donors (Lipinski definition) is 0. The Kier molecular flexibility index (Phi) is 5.97. The lowest BCUT2D eigenvalue weighted by Gasteiger charge is -2.18. The number of rotatable bonds is 5. The normalized spacial score (nSPS) is 17.6. The maximum absolute atomic E-state index is 13.8. The van der Waals surface area contributed by atoms with Crippen LogP contribution in [-0.2, 0) is 14.3 Å². The lowest BCUT2D eigenvalue weighted by atomic mass is 10.0. The van der Waals surface area contributed by atoms with Crippen LogP contribution in [0.3, 0.4) is 0 Å². The number of amides is 1. The third-order valence-electron chi connectivity index (χ3n) is 5.13. The minimum atomic E-state index is -0.535. The summed E-state index contributed by atoms with van der Waals surface area (Å²) in [5.74, 6) is -0.832. The molecule has 7 nitrogen and oxygen atoms in total. The average Bonchev–Trinajstić information content (AvgIpc) is 3.47. The molecular weight excluding hydrogens is 448 g/mol. The average molecular weight is 469 g/mol. The third kappa shape index (κ3) is 3.99. The molecule has 8 heteroatoms. The SMILES string of the molecule is CCOC(=O)C1=NN(c2ccccc2)C(=C2C(=O)N(c3ccccc3)N=C2c2ccccc2)S1. The second-order valence-electron chi connectivity index (χ2n) is 7.32. The second kappa shape index (κ2) is 9.36. The molecule has 0 unspecified atom stereocenters. The Morgan fingerprint density at radius 3 is 1.97 bits per heavy atom. The van der Waals surface area contributed by atoms with Crippen molar-refractivity contribution in [3.05, 3.63) is 107 Å². The Hall–Kier alpha value is -4.17. The van der Waals surface area contributed by atoms with Crippen molar-refractivity contribution in [1.82, 2.24) is 0 Å². The number of hydrazone groups is 2. The molecule has 0 saturated heterocycles. The summed E-state index contributed by atoms with van der Waals surface area (Å²) in [4.78, 5) is 26.4. The molecule has 1 amide bonds. The van der Waals surface area contributed by atoms with Crippen LogP contribution in [0.1, 0.15) is 12.5 Å². The van der Waals surface area contributed by atoms with Crippen molar-refractivity contribution in [3.63, 3.8) is 0 Å². The van der Waals surface area contributed by atoms with Gasteiger partial charge in [-0.2, -0.15) is 15.2 Å². The van der Waals surface area contributed by atoms with Crippen molar-refractivity contribution in [2.45, 2.75) is 6.92 Å². The second-order valence-corrected chi connectivity index (χ2v) is 8.30. The molecule has 5 rings (SSSR count). The Balaban J connectivity index is 1.68. The lowest BCUT2D eigenvalue weighted by Crippen LogP contribution is -2.24. The Morgan fingerprint density at radius 1 is 0.824 bits per heavy atom. The predicted octanol–water partition coefficient (Wildman–Crippen LogP) is 4.78. The summed E-state index contributed by atoms with van der Waals surface area (Å²) >= 11 is 1.11. The highest BCUT2D eigenvalue weighted by atomic mass is 32.2. The van der Waals surface area contributed by atoms with E-state index in [9.17, 15) is 9.59 Å². The topological polar surface area (TPSA) is 74.6 Å². The molecule has 2 heterocycles. The van der Waals surface area contributed by atoms with Gasteiger partial charge in [0.05, 0.1) is 18.0 Å². The number of anilines is 2. The number of benzene rings is 3.